The molecule has 0 aromatic heterocycles. The van der Waals surface area contributed by atoms with Crippen LogP contribution in [0.4, 0.5) is 11.4 Å². The van der Waals surface area contributed by atoms with Crippen molar-refractivity contribution >= 4 is 23.2 Å². The molecule has 2 aliphatic rings. The van der Waals surface area contributed by atoms with E-state index in [2.05, 4.69) is 10.2 Å². The summed E-state index contributed by atoms with van der Waals surface area (Å²) in [6, 6.07) is 11.1. The summed E-state index contributed by atoms with van der Waals surface area (Å²) in [7, 11) is 4.96. The molecule has 2 aromatic carbocycles. The normalized spacial score (nSPS) is 17.8. The number of amides is 2. The fourth-order valence-electron chi connectivity index (χ4n) is 4.27. The van der Waals surface area contributed by atoms with Gasteiger partial charge < -0.3 is 24.6 Å². The molecule has 0 unspecified atom stereocenters. The van der Waals surface area contributed by atoms with Crippen molar-refractivity contribution in [2.75, 3.05) is 37.6 Å². The molecule has 1 saturated heterocycles. The second-order valence-corrected chi connectivity index (χ2v) is 7.68. The molecule has 158 valence electrons. The van der Waals surface area contributed by atoms with Gasteiger partial charge in [0, 0.05) is 25.7 Å². The first-order valence-corrected chi connectivity index (χ1v) is 10.2. The Morgan fingerprint density at radius 2 is 1.87 bits per heavy atom. The molecule has 0 spiro atoms. The third-order valence-electron chi connectivity index (χ3n) is 5.93. The number of carbonyl (C=O) groups is 2. The number of nitrogens with zero attached hydrogens (tertiary/aromatic N) is 2. The summed E-state index contributed by atoms with van der Waals surface area (Å²) in [5.74, 6) is 1.18. The summed E-state index contributed by atoms with van der Waals surface area (Å²) in [4.78, 5) is 29.4. The summed E-state index contributed by atoms with van der Waals surface area (Å²) in [6.07, 6.45) is 3.05. The van der Waals surface area contributed by atoms with Gasteiger partial charge in [-0.15, -0.1) is 0 Å². The number of likely N-dealkylation sites (N-methyl/N-ethyl adjacent to an activating group) is 1. The van der Waals surface area contributed by atoms with Gasteiger partial charge in [0.1, 0.15) is 6.04 Å². The van der Waals surface area contributed by atoms with Crippen molar-refractivity contribution in [1.29, 1.82) is 0 Å². The van der Waals surface area contributed by atoms with Gasteiger partial charge in [-0.1, -0.05) is 6.07 Å². The molecule has 1 atom stereocenters. The van der Waals surface area contributed by atoms with Crippen molar-refractivity contribution in [3.63, 3.8) is 0 Å². The van der Waals surface area contributed by atoms with Crippen molar-refractivity contribution in [1.82, 2.24) is 5.32 Å². The van der Waals surface area contributed by atoms with E-state index < -0.39 is 0 Å². The summed E-state index contributed by atoms with van der Waals surface area (Å²) >= 11 is 0. The fourth-order valence-corrected chi connectivity index (χ4v) is 4.27. The van der Waals surface area contributed by atoms with Gasteiger partial charge in [-0.3, -0.25) is 9.59 Å². The van der Waals surface area contributed by atoms with E-state index in [-0.39, 0.29) is 17.9 Å². The average Bonchev–Trinajstić information content (AvgIpc) is 2.80. The van der Waals surface area contributed by atoms with Gasteiger partial charge in [0.15, 0.2) is 11.5 Å². The van der Waals surface area contributed by atoms with Crippen LogP contribution in [-0.2, 0) is 11.3 Å². The van der Waals surface area contributed by atoms with Gasteiger partial charge in [0.25, 0.3) is 5.91 Å². The molecule has 7 heteroatoms. The van der Waals surface area contributed by atoms with Crippen LogP contribution in [0.25, 0.3) is 0 Å². The first kappa shape index (κ1) is 20.1. The summed E-state index contributed by atoms with van der Waals surface area (Å²) in [5.41, 5.74) is 3.25. The van der Waals surface area contributed by atoms with E-state index in [1.54, 1.807) is 26.2 Å². The highest BCUT2D eigenvalue weighted by Crippen LogP contribution is 2.39. The number of hydrogen-bond donors (Lipinski definition) is 1. The number of piperidine rings is 1. The number of fused-ring (bicyclic) bond motifs is 3. The Balaban J connectivity index is 1.51. The van der Waals surface area contributed by atoms with Crippen LogP contribution in [0.5, 0.6) is 11.5 Å². The second kappa shape index (κ2) is 8.26. The minimum atomic E-state index is -0.186. The van der Waals surface area contributed by atoms with Gasteiger partial charge in [-0.2, -0.15) is 0 Å². The lowest BCUT2D eigenvalue weighted by atomic mass is 9.96. The van der Waals surface area contributed by atoms with Crippen molar-refractivity contribution in [3.8, 4) is 11.5 Å². The van der Waals surface area contributed by atoms with Crippen LogP contribution in [0.3, 0.4) is 0 Å². The molecule has 2 amide bonds. The molecule has 0 aliphatic carbocycles. The molecule has 4 rings (SSSR count). The van der Waals surface area contributed by atoms with Gasteiger partial charge in [0.2, 0.25) is 5.91 Å². The molecular weight excluding hydrogens is 382 g/mol. The van der Waals surface area contributed by atoms with Crippen LogP contribution >= 0.6 is 0 Å². The number of anilines is 2. The van der Waals surface area contributed by atoms with Gasteiger partial charge in [0.05, 0.1) is 25.6 Å². The Morgan fingerprint density at radius 3 is 2.63 bits per heavy atom. The van der Waals surface area contributed by atoms with E-state index in [9.17, 15) is 9.59 Å². The average molecular weight is 409 g/mol. The van der Waals surface area contributed by atoms with Crippen LogP contribution in [-0.4, -0.2) is 45.7 Å². The zero-order valence-electron chi connectivity index (χ0n) is 17.6. The van der Waals surface area contributed by atoms with Crippen molar-refractivity contribution in [2.24, 2.45) is 0 Å². The van der Waals surface area contributed by atoms with E-state index in [1.807, 2.05) is 36.4 Å². The zero-order chi connectivity index (χ0) is 21.3. The predicted octanol–water partition coefficient (Wildman–Crippen LogP) is 2.97. The lowest BCUT2D eigenvalue weighted by Gasteiger charge is -2.44. The van der Waals surface area contributed by atoms with Gasteiger partial charge >= 0.3 is 0 Å². The van der Waals surface area contributed by atoms with Gasteiger partial charge in [-0.05, 0) is 55.2 Å². The molecule has 7 nitrogen and oxygen atoms in total. The van der Waals surface area contributed by atoms with Crippen LogP contribution in [0.15, 0.2) is 36.4 Å². The van der Waals surface area contributed by atoms with Crippen LogP contribution in [0.2, 0.25) is 0 Å². The summed E-state index contributed by atoms with van der Waals surface area (Å²) in [5, 5.41) is 2.94. The minimum absolute atomic E-state index is 0.0824. The second-order valence-electron chi connectivity index (χ2n) is 7.68. The standard InChI is InChI=1S/C23H27N3O4/c1-25-19-13-16(8-9-17(19)26-11-5-4-6-18(26)23(25)28)22(27)24-14-15-7-10-20(29-2)21(12-15)30-3/h7-10,12-13,18H,4-6,11,14H2,1-3H3,(H,24,27)/t18-/m0/s1. The highest BCUT2D eigenvalue weighted by Gasteiger charge is 2.37. The maximum absolute atomic E-state index is 12.8. The van der Waals surface area contributed by atoms with Crippen molar-refractivity contribution in [2.45, 2.75) is 31.8 Å². The third-order valence-corrected chi connectivity index (χ3v) is 5.93. The number of nitrogens with one attached hydrogen (secondary N) is 1. The number of ether oxygens (including phenoxy) is 2. The molecule has 30 heavy (non-hydrogen) atoms. The maximum atomic E-state index is 12.8. The van der Waals surface area contributed by atoms with E-state index in [4.69, 9.17) is 9.47 Å². The molecule has 1 N–H and O–H groups in total. The Morgan fingerprint density at radius 1 is 1.07 bits per heavy atom. The van der Waals surface area contributed by atoms with E-state index in [0.717, 1.165) is 42.7 Å². The lowest BCUT2D eigenvalue weighted by Crippen LogP contribution is -2.54. The fraction of sp³-hybridized carbons (Fsp3) is 0.391. The Kier molecular flexibility index (Phi) is 5.53. The molecule has 2 aliphatic heterocycles. The molecule has 2 aromatic rings. The highest BCUT2D eigenvalue weighted by atomic mass is 16.5. The summed E-state index contributed by atoms with van der Waals surface area (Å²) < 4.78 is 10.6. The zero-order valence-corrected chi connectivity index (χ0v) is 17.6. The number of hydrogen-bond acceptors (Lipinski definition) is 5. The van der Waals surface area contributed by atoms with E-state index >= 15 is 0 Å². The minimum Gasteiger partial charge on any atom is -0.493 e. The number of methoxy groups -OCH3 is 2. The number of carbonyl (C=O) groups excluding carboxylic acids is 2. The molecule has 0 saturated carbocycles. The molecule has 2 heterocycles. The lowest BCUT2D eigenvalue weighted by molar-refractivity contribution is -0.120. The smallest absolute Gasteiger partial charge is 0.251 e. The predicted molar refractivity (Wildman–Crippen MR) is 116 cm³/mol. The van der Waals surface area contributed by atoms with Crippen LogP contribution in [0, 0.1) is 0 Å². The van der Waals surface area contributed by atoms with Crippen molar-refractivity contribution in [3.05, 3.63) is 47.5 Å². The topological polar surface area (TPSA) is 71.1 Å². The monoisotopic (exact) mass is 409 g/mol. The molecule has 0 radical (unpaired) electrons. The van der Waals surface area contributed by atoms with E-state index in [1.165, 1.54) is 0 Å². The third kappa shape index (κ3) is 3.56. The number of rotatable bonds is 5. The largest absolute Gasteiger partial charge is 0.493 e. The number of benzene rings is 2. The first-order valence-electron chi connectivity index (χ1n) is 10.2. The molecular formula is C23H27N3O4. The Hall–Kier alpha value is -3.22. The quantitative estimate of drug-likeness (QED) is 0.822. The SMILES string of the molecule is COc1ccc(CNC(=O)c2ccc3c(c2)N(C)C(=O)[C@@H]2CCCCN32)cc1OC. The maximum Gasteiger partial charge on any atom is 0.251 e. The summed E-state index contributed by atoms with van der Waals surface area (Å²) in [6.45, 7) is 1.24. The van der Waals surface area contributed by atoms with Gasteiger partial charge in [-0.25, -0.2) is 0 Å². The van der Waals surface area contributed by atoms with E-state index in [0.29, 0.717) is 23.6 Å². The van der Waals surface area contributed by atoms with Crippen LogP contribution < -0.4 is 24.6 Å². The van der Waals surface area contributed by atoms with Crippen LogP contribution in [0.1, 0.15) is 35.2 Å². The Labute approximate surface area is 176 Å². The molecule has 1 fully saturated rings. The first-order chi connectivity index (χ1) is 14.5. The van der Waals surface area contributed by atoms with Crippen molar-refractivity contribution < 1.29 is 19.1 Å². The Bertz CT molecular complexity index is 975. The molecule has 0 bridgehead atoms. The highest BCUT2D eigenvalue weighted by molar-refractivity contribution is 6.07.